The molecule has 0 atom stereocenters. The fourth-order valence-electron chi connectivity index (χ4n) is 2.72. The lowest BCUT2D eigenvalue weighted by atomic mass is 9.85. The van der Waals surface area contributed by atoms with E-state index in [4.69, 9.17) is 5.73 Å². The van der Waals surface area contributed by atoms with Gasteiger partial charge in [0, 0.05) is 24.8 Å². The minimum Gasteiger partial charge on any atom is -0.329 e. The third-order valence-corrected chi connectivity index (χ3v) is 3.87. The predicted octanol–water partition coefficient (Wildman–Crippen LogP) is 2.10. The number of anilines is 2. The van der Waals surface area contributed by atoms with E-state index in [1.807, 2.05) is 6.07 Å². The van der Waals surface area contributed by atoms with Gasteiger partial charge >= 0.3 is 0 Å². The summed E-state index contributed by atoms with van der Waals surface area (Å²) in [5.41, 5.74) is 6.73. The number of rotatable bonds is 4. The van der Waals surface area contributed by atoms with E-state index in [-0.39, 0.29) is 11.8 Å². The summed E-state index contributed by atoms with van der Waals surface area (Å²) in [7, 11) is 0. The highest BCUT2D eigenvalue weighted by molar-refractivity contribution is 5.97. The van der Waals surface area contributed by atoms with Gasteiger partial charge in [0.1, 0.15) is 0 Å². The van der Waals surface area contributed by atoms with Crippen LogP contribution in [0.5, 0.6) is 0 Å². The number of carbonyl (C=O) groups is 2. The molecule has 0 saturated heterocycles. The van der Waals surface area contributed by atoms with Gasteiger partial charge in [-0.1, -0.05) is 18.9 Å². The Morgan fingerprint density at radius 2 is 1.80 bits per heavy atom. The molecule has 0 unspecified atom stereocenters. The Morgan fingerprint density at radius 1 is 1.20 bits per heavy atom. The molecule has 20 heavy (non-hydrogen) atoms. The summed E-state index contributed by atoms with van der Waals surface area (Å²) in [5, 5.41) is 5.62. The van der Waals surface area contributed by atoms with Gasteiger partial charge in [0.15, 0.2) is 0 Å². The predicted molar refractivity (Wildman–Crippen MR) is 79.3 cm³/mol. The molecule has 0 radical (unpaired) electrons. The van der Waals surface area contributed by atoms with Crippen molar-refractivity contribution in [3.05, 3.63) is 24.3 Å². The summed E-state index contributed by atoms with van der Waals surface area (Å²) in [6, 6.07) is 7.14. The smallest absolute Gasteiger partial charge is 0.231 e. The minimum atomic E-state index is -0.427. The molecule has 0 bridgehead atoms. The Balaban J connectivity index is 2.09. The maximum atomic E-state index is 12.4. The molecular weight excluding hydrogens is 254 g/mol. The van der Waals surface area contributed by atoms with E-state index < -0.39 is 5.41 Å². The van der Waals surface area contributed by atoms with Crippen LogP contribution < -0.4 is 16.4 Å². The number of hydrogen-bond donors (Lipinski definition) is 3. The molecule has 108 valence electrons. The van der Waals surface area contributed by atoms with Crippen molar-refractivity contribution in [3.63, 3.8) is 0 Å². The number of nitrogens with one attached hydrogen (secondary N) is 2. The topological polar surface area (TPSA) is 84.2 Å². The van der Waals surface area contributed by atoms with Crippen LogP contribution in [0.25, 0.3) is 0 Å². The van der Waals surface area contributed by atoms with Crippen molar-refractivity contribution in [1.82, 2.24) is 0 Å². The summed E-state index contributed by atoms with van der Waals surface area (Å²) in [4.78, 5) is 23.5. The molecule has 1 fully saturated rings. The van der Waals surface area contributed by atoms with Crippen LogP contribution in [0.3, 0.4) is 0 Å². The zero-order valence-corrected chi connectivity index (χ0v) is 11.7. The highest BCUT2D eigenvalue weighted by Gasteiger charge is 2.39. The van der Waals surface area contributed by atoms with Gasteiger partial charge in [-0.15, -0.1) is 0 Å². The molecule has 2 rings (SSSR count). The Hall–Kier alpha value is -1.88. The van der Waals surface area contributed by atoms with Crippen LogP contribution in [0, 0.1) is 5.41 Å². The van der Waals surface area contributed by atoms with Crippen LogP contribution in [0.1, 0.15) is 32.6 Å². The molecule has 5 nitrogen and oxygen atoms in total. The van der Waals surface area contributed by atoms with Crippen molar-refractivity contribution in [2.45, 2.75) is 32.6 Å². The van der Waals surface area contributed by atoms with Crippen LogP contribution in [0.2, 0.25) is 0 Å². The summed E-state index contributed by atoms with van der Waals surface area (Å²) in [5.74, 6) is -0.153. The van der Waals surface area contributed by atoms with Crippen molar-refractivity contribution in [3.8, 4) is 0 Å². The molecule has 0 aliphatic heterocycles. The third kappa shape index (κ3) is 3.17. The summed E-state index contributed by atoms with van der Waals surface area (Å²) < 4.78 is 0. The highest BCUT2D eigenvalue weighted by Crippen LogP contribution is 2.38. The van der Waals surface area contributed by atoms with E-state index in [0.717, 1.165) is 25.7 Å². The number of amides is 2. The highest BCUT2D eigenvalue weighted by atomic mass is 16.2. The Kier molecular flexibility index (Phi) is 4.39. The maximum Gasteiger partial charge on any atom is 0.231 e. The Labute approximate surface area is 118 Å². The molecule has 1 aromatic rings. The van der Waals surface area contributed by atoms with Gasteiger partial charge in [-0.3, -0.25) is 9.59 Å². The third-order valence-electron chi connectivity index (χ3n) is 3.87. The van der Waals surface area contributed by atoms with Crippen molar-refractivity contribution < 1.29 is 9.59 Å². The Bertz CT molecular complexity index is 508. The normalized spacial score (nSPS) is 16.7. The number of nitrogens with two attached hydrogens (primary N) is 1. The standard InChI is InChI=1S/C15H21N3O2/c1-11(19)17-12-5-4-6-13(9-12)18-14(20)15(10-16)7-2-3-8-15/h4-6,9H,2-3,7-8,10,16H2,1H3,(H,17,19)(H,18,20). The van der Waals surface area contributed by atoms with Crippen molar-refractivity contribution in [2.24, 2.45) is 11.1 Å². The summed E-state index contributed by atoms with van der Waals surface area (Å²) in [6.07, 6.45) is 3.80. The van der Waals surface area contributed by atoms with Gasteiger partial charge in [-0.25, -0.2) is 0 Å². The van der Waals surface area contributed by atoms with Gasteiger partial charge < -0.3 is 16.4 Å². The molecule has 0 aromatic heterocycles. The lowest BCUT2D eigenvalue weighted by molar-refractivity contribution is -0.124. The van der Waals surface area contributed by atoms with E-state index in [1.165, 1.54) is 6.92 Å². The van der Waals surface area contributed by atoms with Crippen LogP contribution in [-0.4, -0.2) is 18.4 Å². The van der Waals surface area contributed by atoms with Gasteiger partial charge in [-0.05, 0) is 31.0 Å². The van der Waals surface area contributed by atoms with Crippen molar-refractivity contribution in [2.75, 3.05) is 17.2 Å². The lowest BCUT2D eigenvalue weighted by Gasteiger charge is -2.25. The largest absolute Gasteiger partial charge is 0.329 e. The van der Waals surface area contributed by atoms with Crippen molar-refractivity contribution >= 4 is 23.2 Å². The van der Waals surface area contributed by atoms with Crippen LogP contribution in [-0.2, 0) is 9.59 Å². The quantitative estimate of drug-likeness (QED) is 0.786. The number of carbonyl (C=O) groups excluding carboxylic acids is 2. The lowest BCUT2D eigenvalue weighted by Crippen LogP contribution is -2.40. The van der Waals surface area contributed by atoms with Crippen LogP contribution in [0.4, 0.5) is 11.4 Å². The second kappa shape index (κ2) is 6.05. The fraction of sp³-hybridized carbons (Fsp3) is 0.467. The van der Waals surface area contributed by atoms with E-state index in [2.05, 4.69) is 10.6 Å². The molecule has 4 N–H and O–H groups in total. The monoisotopic (exact) mass is 275 g/mol. The number of benzene rings is 1. The molecule has 1 aliphatic rings. The molecule has 5 heteroatoms. The second-order valence-corrected chi connectivity index (χ2v) is 5.41. The average Bonchev–Trinajstić information content (AvgIpc) is 2.88. The van der Waals surface area contributed by atoms with Crippen molar-refractivity contribution in [1.29, 1.82) is 0 Å². The van der Waals surface area contributed by atoms with E-state index in [1.54, 1.807) is 18.2 Å². The second-order valence-electron chi connectivity index (χ2n) is 5.41. The summed E-state index contributed by atoms with van der Waals surface area (Å²) in [6.45, 7) is 1.83. The zero-order valence-electron chi connectivity index (χ0n) is 11.7. The van der Waals surface area contributed by atoms with Crippen LogP contribution in [0.15, 0.2) is 24.3 Å². The molecule has 1 aromatic carbocycles. The zero-order chi connectivity index (χ0) is 14.6. The van der Waals surface area contributed by atoms with Gasteiger partial charge in [-0.2, -0.15) is 0 Å². The number of hydrogen-bond acceptors (Lipinski definition) is 3. The first kappa shape index (κ1) is 14.5. The van der Waals surface area contributed by atoms with Gasteiger partial charge in [0.2, 0.25) is 11.8 Å². The first-order valence-corrected chi connectivity index (χ1v) is 6.95. The average molecular weight is 275 g/mol. The molecule has 1 saturated carbocycles. The van der Waals surface area contributed by atoms with Gasteiger partial charge in [0.05, 0.1) is 5.41 Å². The molecule has 0 spiro atoms. The SMILES string of the molecule is CC(=O)Nc1cccc(NC(=O)C2(CN)CCCC2)c1. The fourth-order valence-corrected chi connectivity index (χ4v) is 2.72. The first-order chi connectivity index (χ1) is 9.55. The molecule has 1 aliphatic carbocycles. The first-order valence-electron chi connectivity index (χ1n) is 6.95. The van der Waals surface area contributed by atoms with E-state index in [0.29, 0.717) is 17.9 Å². The van der Waals surface area contributed by atoms with Gasteiger partial charge in [0.25, 0.3) is 0 Å². The molecule has 2 amide bonds. The summed E-state index contributed by atoms with van der Waals surface area (Å²) >= 11 is 0. The van der Waals surface area contributed by atoms with Crippen LogP contribution >= 0.6 is 0 Å². The Morgan fingerprint density at radius 3 is 2.35 bits per heavy atom. The molecular formula is C15H21N3O2. The molecule has 0 heterocycles. The minimum absolute atomic E-state index is 0.0162. The van der Waals surface area contributed by atoms with E-state index >= 15 is 0 Å². The maximum absolute atomic E-state index is 12.4. The van der Waals surface area contributed by atoms with E-state index in [9.17, 15) is 9.59 Å².